The lowest BCUT2D eigenvalue weighted by Crippen LogP contribution is -1.97. The number of nitro benzene ring substituents is 2. The van der Waals surface area contributed by atoms with Crippen molar-refractivity contribution in [3.63, 3.8) is 0 Å². The number of benzene rings is 2. The lowest BCUT2D eigenvalue weighted by molar-refractivity contribution is -0.387. The second-order valence-electron chi connectivity index (χ2n) is 3.81. The molecule has 0 unspecified atom stereocenters. The molecular formula is C12H6Cl2N2O5. The number of hydrogen-bond donors (Lipinski definition) is 0. The third-order valence-corrected chi connectivity index (χ3v) is 3.01. The van der Waals surface area contributed by atoms with Gasteiger partial charge in [0.1, 0.15) is 5.02 Å². The lowest BCUT2D eigenvalue weighted by Gasteiger charge is -2.07. The van der Waals surface area contributed by atoms with Gasteiger partial charge in [-0.3, -0.25) is 20.2 Å². The average Bonchev–Trinajstić information content (AvgIpc) is 2.37. The summed E-state index contributed by atoms with van der Waals surface area (Å²) in [5, 5.41) is 22.0. The average molecular weight is 329 g/mol. The van der Waals surface area contributed by atoms with Gasteiger partial charge in [-0.25, -0.2) is 0 Å². The van der Waals surface area contributed by atoms with E-state index >= 15 is 0 Å². The number of hydrogen-bond acceptors (Lipinski definition) is 5. The first-order valence-electron chi connectivity index (χ1n) is 5.45. The molecule has 0 aromatic heterocycles. The van der Waals surface area contributed by atoms with E-state index < -0.39 is 15.5 Å². The highest BCUT2D eigenvalue weighted by atomic mass is 35.5. The van der Waals surface area contributed by atoms with Crippen LogP contribution in [0.1, 0.15) is 0 Å². The predicted octanol–water partition coefficient (Wildman–Crippen LogP) is 4.60. The van der Waals surface area contributed by atoms with E-state index in [1.165, 1.54) is 30.3 Å². The molecule has 0 N–H and O–H groups in total. The van der Waals surface area contributed by atoms with Crippen LogP contribution in [0, 0.1) is 20.2 Å². The van der Waals surface area contributed by atoms with Gasteiger partial charge in [-0.05, 0) is 18.2 Å². The molecule has 0 saturated heterocycles. The summed E-state index contributed by atoms with van der Waals surface area (Å²) < 4.78 is 5.27. The maximum atomic E-state index is 11.0. The molecule has 0 radical (unpaired) electrons. The molecule has 0 amide bonds. The van der Waals surface area contributed by atoms with Crippen LogP contribution in [-0.2, 0) is 0 Å². The monoisotopic (exact) mass is 328 g/mol. The Labute approximate surface area is 128 Å². The Balaban J connectivity index is 2.53. The van der Waals surface area contributed by atoms with E-state index in [1.54, 1.807) is 0 Å². The van der Waals surface area contributed by atoms with Crippen LogP contribution in [0.2, 0.25) is 10.0 Å². The largest absolute Gasteiger partial charge is 0.443 e. The van der Waals surface area contributed by atoms with Gasteiger partial charge in [0.2, 0.25) is 11.5 Å². The number of nitro groups is 2. The van der Waals surface area contributed by atoms with Crippen molar-refractivity contribution in [1.82, 2.24) is 0 Å². The van der Waals surface area contributed by atoms with Crippen LogP contribution < -0.4 is 4.74 Å². The second kappa shape index (κ2) is 5.94. The highest BCUT2D eigenvalue weighted by molar-refractivity contribution is 6.33. The van der Waals surface area contributed by atoms with Crippen LogP contribution in [0.15, 0.2) is 36.4 Å². The van der Waals surface area contributed by atoms with Crippen molar-refractivity contribution in [2.75, 3.05) is 0 Å². The molecule has 0 heterocycles. The summed E-state index contributed by atoms with van der Waals surface area (Å²) in [4.78, 5) is 20.5. The fraction of sp³-hybridized carbons (Fsp3) is 0. The van der Waals surface area contributed by atoms with Gasteiger partial charge in [0.05, 0.1) is 9.85 Å². The number of para-hydroxylation sites is 1. The molecule has 0 aliphatic heterocycles. The molecule has 2 rings (SSSR count). The van der Waals surface area contributed by atoms with Crippen molar-refractivity contribution in [3.05, 3.63) is 66.7 Å². The molecule has 0 saturated carbocycles. The van der Waals surface area contributed by atoms with E-state index in [-0.39, 0.29) is 27.2 Å². The molecule has 0 aliphatic carbocycles. The quantitative estimate of drug-likeness (QED) is 0.603. The summed E-state index contributed by atoms with van der Waals surface area (Å²) in [7, 11) is 0. The predicted molar refractivity (Wildman–Crippen MR) is 76.3 cm³/mol. The standard InChI is InChI=1S/C12H6Cl2N2O5/c13-7-4-5-9(15(17)18)11(6-7)21-10-3-1-2-8(14)12(10)16(19)20/h1-6H. The Bertz CT molecular complexity index is 736. The molecule has 7 nitrogen and oxygen atoms in total. The molecule has 0 fully saturated rings. The zero-order valence-corrected chi connectivity index (χ0v) is 11.7. The van der Waals surface area contributed by atoms with E-state index in [1.807, 2.05) is 0 Å². The first-order valence-corrected chi connectivity index (χ1v) is 6.20. The molecule has 9 heteroatoms. The first-order chi connectivity index (χ1) is 9.90. The molecule has 2 aromatic rings. The van der Waals surface area contributed by atoms with Crippen molar-refractivity contribution in [2.45, 2.75) is 0 Å². The van der Waals surface area contributed by atoms with Crippen molar-refractivity contribution >= 4 is 34.6 Å². The van der Waals surface area contributed by atoms with E-state index in [9.17, 15) is 20.2 Å². The van der Waals surface area contributed by atoms with Gasteiger partial charge in [0.15, 0.2) is 0 Å². The molecule has 2 aromatic carbocycles. The summed E-state index contributed by atoms with van der Waals surface area (Å²) >= 11 is 11.5. The summed E-state index contributed by atoms with van der Waals surface area (Å²) in [5.74, 6) is -0.421. The number of nitrogens with zero attached hydrogens (tertiary/aromatic N) is 2. The van der Waals surface area contributed by atoms with E-state index in [4.69, 9.17) is 27.9 Å². The smallest absolute Gasteiger partial charge is 0.329 e. The van der Waals surface area contributed by atoms with Crippen LogP contribution >= 0.6 is 23.2 Å². The van der Waals surface area contributed by atoms with Crippen molar-refractivity contribution in [2.24, 2.45) is 0 Å². The normalized spacial score (nSPS) is 10.2. The topological polar surface area (TPSA) is 95.5 Å². The van der Waals surface area contributed by atoms with E-state index in [2.05, 4.69) is 0 Å². The van der Waals surface area contributed by atoms with Gasteiger partial charge in [-0.1, -0.05) is 29.3 Å². The van der Waals surface area contributed by atoms with Crippen molar-refractivity contribution in [3.8, 4) is 11.5 Å². The summed E-state index contributed by atoms with van der Waals surface area (Å²) in [6.07, 6.45) is 0. The maximum Gasteiger partial charge on any atom is 0.329 e. The fourth-order valence-electron chi connectivity index (χ4n) is 1.59. The summed E-state index contributed by atoms with van der Waals surface area (Å²) in [6, 6.07) is 7.70. The number of ether oxygens (including phenoxy) is 1. The Kier molecular flexibility index (Phi) is 4.25. The van der Waals surface area contributed by atoms with Crippen LogP contribution in [0.3, 0.4) is 0 Å². The first kappa shape index (κ1) is 15.0. The van der Waals surface area contributed by atoms with E-state index in [0.29, 0.717) is 0 Å². The van der Waals surface area contributed by atoms with Gasteiger partial charge < -0.3 is 4.74 Å². The minimum atomic E-state index is -0.728. The van der Waals surface area contributed by atoms with Crippen molar-refractivity contribution in [1.29, 1.82) is 0 Å². The number of halogens is 2. The molecular weight excluding hydrogens is 323 g/mol. The van der Waals surface area contributed by atoms with Crippen LogP contribution in [0.5, 0.6) is 11.5 Å². The number of rotatable bonds is 4. The molecule has 0 atom stereocenters. The van der Waals surface area contributed by atoms with Gasteiger partial charge in [-0.2, -0.15) is 0 Å². The Hall–Kier alpha value is -2.38. The maximum absolute atomic E-state index is 11.0. The molecule has 0 spiro atoms. The SMILES string of the molecule is O=[N+]([O-])c1ccc(Cl)cc1Oc1cccc(Cl)c1[N+](=O)[O-]. The fourth-order valence-corrected chi connectivity index (χ4v) is 1.99. The minimum Gasteiger partial charge on any atom is -0.443 e. The summed E-state index contributed by atoms with van der Waals surface area (Å²) in [6.45, 7) is 0. The zero-order chi connectivity index (χ0) is 15.6. The van der Waals surface area contributed by atoms with Gasteiger partial charge in [-0.15, -0.1) is 0 Å². The molecule has 21 heavy (non-hydrogen) atoms. The third-order valence-electron chi connectivity index (χ3n) is 2.47. The van der Waals surface area contributed by atoms with Gasteiger partial charge in [0.25, 0.3) is 0 Å². The molecule has 0 aliphatic rings. The lowest BCUT2D eigenvalue weighted by atomic mass is 10.2. The molecule has 0 bridgehead atoms. The third kappa shape index (κ3) is 3.21. The van der Waals surface area contributed by atoms with Crippen molar-refractivity contribution < 1.29 is 14.6 Å². The Morgan fingerprint density at radius 2 is 1.67 bits per heavy atom. The Morgan fingerprint density at radius 3 is 2.29 bits per heavy atom. The zero-order valence-electron chi connectivity index (χ0n) is 10.2. The van der Waals surface area contributed by atoms with Gasteiger partial charge in [0, 0.05) is 17.2 Å². The molecule has 108 valence electrons. The highest BCUT2D eigenvalue weighted by Gasteiger charge is 2.23. The van der Waals surface area contributed by atoms with Crippen LogP contribution in [-0.4, -0.2) is 9.85 Å². The van der Waals surface area contributed by atoms with Crippen LogP contribution in [0.4, 0.5) is 11.4 Å². The highest BCUT2D eigenvalue weighted by Crippen LogP contribution is 2.40. The van der Waals surface area contributed by atoms with Gasteiger partial charge >= 0.3 is 11.4 Å². The summed E-state index contributed by atoms with van der Waals surface area (Å²) in [5.41, 5.74) is -0.845. The second-order valence-corrected chi connectivity index (χ2v) is 4.66. The van der Waals surface area contributed by atoms with E-state index in [0.717, 1.165) is 6.07 Å². The Morgan fingerprint density at radius 1 is 0.952 bits per heavy atom. The minimum absolute atomic E-state index is 0.137. The van der Waals surface area contributed by atoms with Crippen LogP contribution in [0.25, 0.3) is 0 Å².